The van der Waals surface area contributed by atoms with Crippen LogP contribution in [0.3, 0.4) is 0 Å². The van der Waals surface area contributed by atoms with Crippen LogP contribution < -0.4 is 10.2 Å². The Balaban J connectivity index is 1.58. The van der Waals surface area contributed by atoms with E-state index < -0.39 is 0 Å². The van der Waals surface area contributed by atoms with Crippen molar-refractivity contribution in [2.24, 2.45) is 5.41 Å². The lowest BCUT2D eigenvalue weighted by Crippen LogP contribution is -2.37. The molecule has 0 spiro atoms. The summed E-state index contributed by atoms with van der Waals surface area (Å²) in [6.07, 6.45) is 6.02. The highest BCUT2D eigenvalue weighted by molar-refractivity contribution is 5.92. The second-order valence-electron chi connectivity index (χ2n) is 9.11. The molecule has 1 aliphatic carbocycles. The Morgan fingerprint density at radius 1 is 1.32 bits per heavy atom. The van der Waals surface area contributed by atoms with Crippen molar-refractivity contribution >= 4 is 11.9 Å². The van der Waals surface area contributed by atoms with Gasteiger partial charge in [-0.05, 0) is 31.1 Å². The molecule has 0 saturated carbocycles. The Morgan fingerprint density at radius 3 is 2.75 bits per heavy atom. The SMILES string of the molecule is CC(C)c1cc(C(=O)NC2CC(C)(C)Cc3nc(N4CCCC4)ncc32)no1. The molecule has 2 aliphatic rings. The van der Waals surface area contributed by atoms with Gasteiger partial charge in [0.15, 0.2) is 5.69 Å². The lowest BCUT2D eigenvalue weighted by Gasteiger charge is -2.36. The number of rotatable bonds is 4. The summed E-state index contributed by atoms with van der Waals surface area (Å²) in [5, 5.41) is 7.07. The van der Waals surface area contributed by atoms with E-state index in [4.69, 9.17) is 9.51 Å². The van der Waals surface area contributed by atoms with Gasteiger partial charge in [-0.15, -0.1) is 0 Å². The minimum Gasteiger partial charge on any atom is -0.360 e. The van der Waals surface area contributed by atoms with E-state index in [9.17, 15) is 4.79 Å². The van der Waals surface area contributed by atoms with Crippen LogP contribution in [-0.2, 0) is 6.42 Å². The normalized spacial score (nSPS) is 21.0. The number of hydrogen-bond acceptors (Lipinski definition) is 6. The van der Waals surface area contributed by atoms with Gasteiger partial charge in [-0.2, -0.15) is 0 Å². The predicted molar refractivity (Wildman–Crippen MR) is 106 cm³/mol. The Hall–Kier alpha value is -2.44. The summed E-state index contributed by atoms with van der Waals surface area (Å²) >= 11 is 0. The molecule has 1 unspecified atom stereocenters. The van der Waals surface area contributed by atoms with Gasteiger partial charge in [0.25, 0.3) is 5.91 Å². The van der Waals surface area contributed by atoms with Crippen molar-refractivity contribution in [1.29, 1.82) is 0 Å². The molecule has 7 nitrogen and oxygen atoms in total. The number of hydrogen-bond donors (Lipinski definition) is 1. The Bertz CT molecular complexity index is 867. The van der Waals surface area contributed by atoms with Gasteiger partial charge in [0.05, 0.1) is 11.7 Å². The summed E-state index contributed by atoms with van der Waals surface area (Å²) in [6.45, 7) is 10.5. The summed E-state index contributed by atoms with van der Waals surface area (Å²) in [5.74, 6) is 1.51. The van der Waals surface area contributed by atoms with E-state index in [0.29, 0.717) is 11.5 Å². The molecule has 7 heteroatoms. The smallest absolute Gasteiger partial charge is 0.273 e. The molecule has 28 heavy (non-hydrogen) atoms. The molecule has 1 amide bonds. The van der Waals surface area contributed by atoms with Crippen LogP contribution in [0.4, 0.5) is 5.95 Å². The highest BCUT2D eigenvalue weighted by Gasteiger charge is 2.35. The van der Waals surface area contributed by atoms with E-state index in [1.165, 1.54) is 12.8 Å². The summed E-state index contributed by atoms with van der Waals surface area (Å²) in [5.41, 5.74) is 2.43. The van der Waals surface area contributed by atoms with Crippen LogP contribution in [0.2, 0.25) is 0 Å². The molecule has 0 bridgehead atoms. The van der Waals surface area contributed by atoms with Crippen LogP contribution in [-0.4, -0.2) is 34.1 Å². The highest BCUT2D eigenvalue weighted by atomic mass is 16.5. The number of nitrogens with one attached hydrogen (secondary N) is 1. The van der Waals surface area contributed by atoms with Crippen molar-refractivity contribution in [3.05, 3.63) is 35.0 Å². The molecule has 4 rings (SSSR count). The molecule has 1 saturated heterocycles. The first-order chi connectivity index (χ1) is 13.3. The first kappa shape index (κ1) is 18.9. The van der Waals surface area contributed by atoms with Gasteiger partial charge >= 0.3 is 0 Å². The van der Waals surface area contributed by atoms with Crippen molar-refractivity contribution in [3.8, 4) is 0 Å². The maximum Gasteiger partial charge on any atom is 0.273 e. The highest BCUT2D eigenvalue weighted by Crippen LogP contribution is 2.40. The summed E-state index contributed by atoms with van der Waals surface area (Å²) in [6, 6.07) is 1.60. The number of fused-ring (bicyclic) bond motifs is 1. The molecular formula is C21H29N5O2. The third-order valence-electron chi connectivity index (χ3n) is 5.69. The minimum absolute atomic E-state index is 0.0501. The van der Waals surface area contributed by atoms with Gasteiger partial charge in [-0.3, -0.25) is 4.79 Å². The molecule has 0 radical (unpaired) electrons. The molecule has 3 heterocycles. The lowest BCUT2D eigenvalue weighted by atomic mass is 9.74. The first-order valence-corrected chi connectivity index (χ1v) is 10.2. The second kappa shape index (κ2) is 7.18. The number of nitrogens with zero attached hydrogens (tertiary/aromatic N) is 4. The largest absolute Gasteiger partial charge is 0.360 e. The van der Waals surface area contributed by atoms with Crippen LogP contribution in [0, 0.1) is 5.41 Å². The molecule has 1 fully saturated rings. The fourth-order valence-corrected chi connectivity index (χ4v) is 4.14. The predicted octanol–water partition coefficient (Wildman–Crippen LogP) is 3.63. The molecule has 1 N–H and O–H groups in total. The summed E-state index contributed by atoms with van der Waals surface area (Å²) in [7, 11) is 0. The molecule has 1 atom stereocenters. The third kappa shape index (κ3) is 3.75. The van der Waals surface area contributed by atoms with Gasteiger partial charge in [-0.25, -0.2) is 9.97 Å². The molecule has 1 aliphatic heterocycles. The van der Waals surface area contributed by atoms with E-state index in [-0.39, 0.29) is 23.3 Å². The zero-order chi connectivity index (χ0) is 19.9. The molecule has 2 aromatic heterocycles. The Morgan fingerprint density at radius 2 is 2.07 bits per heavy atom. The average molecular weight is 383 g/mol. The average Bonchev–Trinajstić information content (AvgIpc) is 3.32. The number of carbonyl (C=O) groups excluding carboxylic acids is 1. The van der Waals surface area contributed by atoms with E-state index in [0.717, 1.165) is 43.1 Å². The topological polar surface area (TPSA) is 84.2 Å². The molecule has 150 valence electrons. The zero-order valence-corrected chi connectivity index (χ0v) is 17.2. The monoisotopic (exact) mass is 383 g/mol. The first-order valence-electron chi connectivity index (χ1n) is 10.2. The summed E-state index contributed by atoms with van der Waals surface area (Å²) < 4.78 is 5.28. The van der Waals surface area contributed by atoms with Crippen LogP contribution in [0.25, 0.3) is 0 Å². The van der Waals surface area contributed by atoms with Gasteiger partial charge in [-0.1, -0.05) is 32.9 Å². The molecular weight excluding hydrogens is 354 g/mol. The van der Waals surface area contributed by atoms with E-state index in [1.807, 2.05) is 20.0 Å². The van der Waals surface area contributed by atoms with Crippen molar-refractivity contribution in [2.75, 3.05) is 18.0 Å². The van der Waals surface area contributed by atoms with Crippen LogP contribution in [0.5, 0.6) is 0 Å². The number of carbonyl (C=O) groups is 1. The second-order valence-corrected chi connectivity index (χ2v) is 9.11. The van der Waals surface area contributed by atoms with Crippen LogP contribution in [0.1, 0.15) is 86.4 Å². The van der Waals surface area contributed by atoms with Gasteiger partial charge in [0.2, 0.25) is 5.95 Å². The third-order valence-corrected chi connectivity index (χ3v) is 5.69. The summed E-state index contributed by atoms with van der Waals surface area (Å²) in [4.78, 5) is 24.5. The standard InChI is InChI=1S/C21H29N5O2/c1-13(2)18-9-15(25-28-18)19(27)23-16-10-21(3,4)11-17-14(16)12-22-20(24-17)26-7-5-6-8-26/h9,12-13,16H,5-8,10-11H2,1-4H3,(H,23,27). The lowest BCUT2D eigenvalue weighted by molar-refractivity contribution is 0.0909. The van der Waals surface area contributed by atoms with E-state index in [1.54, 1.807) is 6.07 Å². The fraction of sp³-hybridized carbons (Fsp3) is 0.619. The van der Waals surface area contributed by atoms with Crippen molar-refractivity contribution in [3.63, 3.8) is 0 Å². The van der Waals surface area contributed by atoms with Crippen LogP contribution >= 0.6 is 0 Å². The molecule has 0 aromatic carbocycles. The van der Waals surface area contributed by atoms with Crippen LogP contribution in [0.15, 0.2) is 16.8 Å². The van der Waals surface area contributed by atoms with E-state index >= 15 is 0 Å². The van der Waals surface area contributed by atoms with Gasteiger partial charge in [0.1, 0.15) is 5.76 Å². The minimum atomic E-state index is -0.215. The van der Waals surface area contributed by atoms with Gasteiger partial charge < -0.3 is 14.7 Å². The van der Waals surface area contributed by atoms with Gasteiger partial charge in [0, 0.05) is 36.8 Å². The fourth-order valence-electron chi connectivity index (χ4n) is 4.14. The van der Waals surface area contributed by atoms with Crippen molar-refractivity contribution in [1.82, 2.24) is 20.4 Å². The van der Waals surface area contributed by atoms with E-state index in [2.05, 4.69) is 34.2 Å². The van der Waals surface area contributed by atoms with Crippen molar-refractivity contribution < 1.29 is 9.32 Å². The number of aromatic nitrogens is 3. The van der Waals surface area contributed by atoms with Crippen molar-refractivity contribution in [2.45, 2.75) is 65.3 Å². The zero-order valence-electron chi connectivity index (χ0n) is 17.2. The Labute approximate surface area is 165 Å². The maximum absolute atomic E-state index is 12.8. The molecule has 2 aromatic rings. The maximum atomic E-state index is 12.8. The quantitative estimate of drug-likeness (QED) is 0.868. The number of anilines is 1. The Kier molecular flexibility index (Phi) is 4.85. The number of amides is 1.